The third-order valence-electron chi connectivity index (χ3n) is 6.25. The van der Waals surface area contributed by atoms with Crippen LogP contribution in [0.25, 0.3) is 10.4 Å². The highest BCUT2D eigenvalue weighted by molar-refractivity contribution is 8.02. The molecule has 5 heteroatoms. The first kappa shape index (κ1) is 28.5. The molecule has 0 N–H and O–H groups in total. The Kier molecular flexibility index (Phi) is 10.6. The van der Waals surface area contributed by atoms with Gasteiger partial charge in [-0.1, -0.05) is 76.2 Å². The van der Waals surface area contributed by atoms with E-state index >= 15 is 0 Å². The van der Waals surface area contributed by atoms with Crippen molar-refractivity contribution in [3.05, 3.63) is 89.8 Å². The van der Waals surface area contributed by atoms with E-state index in [9.17, 15) is 4.79 Å². The molecule has 198 valence electrons. The van der Waals surface area contributed by atoms with Gasteiger partial charge in [0.1, 0.15) is 0 Å². The minimum Gasteiger partial charge on any atom is -0.311 e. The number of carbonyl (C=O) groups is 1. The summed E-state index contributed by atoms with van der Waals surface area (Å²) in [6, 6.07) is 29.8. The molecule has 38 heavy (non-hydrogen) atoms. The van der Waals surface area contributed by atoms with E-state index < -0.39 is 0 Å². The van der Waals surface area contributed by atoms with Crippen LogP contribution in [0, 0.1) is 11.8 Å². The summed E-state index contributed by atoms with van der Waals surface area (Å²) in [5, 5.41) is 0. The van der Waals surface area contributed by atoms with Gasteiger partial charge in [0.05, 0.1) is 4.88 Å². The van der Waals surface area contributed by atoms with Crippen LogP contribution in [-0.2, 0) is 0 Å². The Labute approximate surface area is 240 Å². The Morgan fingerprint density at radius 3 is 1.63 bits per heavy atom. The average Bonchev–Trinajstić information content (AvgIpc) is 3.27. The van der Waals surface area contributed by atoms with Crippen LogP contribution < -0.4 is 4.90 Å². The third-order valence-corrected chi connectivity index (χ3v) is 10.1. The zero-order chi connectivity index (χ0) is 26.9. The van der Waals surface area contributed by atoms with Crippen molar-refractivity contribution in [1.29, 1.82) is 0 Å². The maximum Gasteiger partial charge on any atom is 0.161 e. The molecule has 0 aliphatic rings. The predicted octanol–water partition coefficient (Wildman–Crippen LogP) is 11.0. The molecule has 4 aromatic rings. The van der Waals surface area contributed by atoms with Crippen molar-refractivity contribution in [3.8, 4) is 10.4 Å². The van der Waals surface area contributed by atoms with Crippen LogP contribution in [0.4, 0.5) is 17.1 Å². The quantitative estimate of drug-likeness (QED) is 0.120. The maximum absolute atomic E-state index is 12.1. The van der Waals surface area contributed by atoms with E-state index in [-0.39, 0.29) is 0 Å². The van der Waals surface area contributed by atoms with Crippen molar-refractivity contribution in [3.63, 3.8) is 0 Å². The van der Waals surface area contributed by atoms with Crippen LogP contribution in [0.1, 0.15) is 50.2 Å². The summed E-state index contributed by atoms with van der Waals surface area (Å²) in [5.41, 5.74) is 4.53. The highest BCUT2D eigenvalue weighted by Crippen LogP contribution is 2.48. The molecule has 0 atom stereocenters. The zero-order valence-electron chi connectivity index (χ0n) is 22.7. The Morgan fingerprint density at radius 1 is 0.684 bits per heavy atom. The summed E-state index contributed by atoms with van der Waals surface area (Å²) in [6.07, 6.45) is 3.36. The molecule has 1 heterocycles. The summed E-state index contributed by atoms with van der Waals surface area (Å²) in [5.74, 6) is 3.41. The van der Waals surface area contributed by atoms with Crippen molar-refractivity contribution >= 4 is 58.2 Å². The lowest BCUT2D eigenvalue weighted by atomic mass is 10.1. The van der Waals surface area contributed by atoms with Gasteiger partial charge in [0, 0.05) is 31.7 Å². The van der Waals surface area contributed by atoms with Crippen LogP contribution >= 0.6 is 34.9 Å². The van der Waals surface area contributed by atoms with Gasteiger partial charge in [-0.05, 0) is 78.1 Å². The predicted molar refractivity (Wildman–Crippen MR) is 170 cm³/mol. The number of nitrogens with zero attached hydrogens (tertiary/aromatic N) is 1. The first-order chi connectivity index (χ1) is 18.5. The molecule has 0 fully saturated rings. The molecule has 0 radical (unpaired) electrons. The lowest BCUT2D eigenvalue weighted by Crippen LogP contribution is -2.09. The molecule has 0 bridgehead atoms. The van der Waals surface area contributed by atoms with Gasteiger partial charge in [0.2, 0.25) is 0 Å². The van der Waals surface area contributed by atoms with Gasteiger partial charge in [-0.2, -0.15) is 0 Å². The van der Waals surface area contributed by atoms with Crippen LogP contribution in [0.3, 0.4) is 0 Å². The summed E-state index contributed by atoms with van der Waals surface area (Å²) in [6.45, 7) is 9.06. The summed E-state index contributed by atoms with van der Waals surface area (Å²) >= 11 is 5.41. The van der Waals surface area contributed by atoms with Crippen molar-refractivity contribution < 1.29 is 4.79 Å². The molecule has 3 aromatic carbocycles. The largest absolute Gasteiger partial charge is 0.311 e. The Morgan fingerprint density at radius 2 is 1.16 bits per heavy atom. The SMILES string of the molecule is CC(C)CCSc1c(C=O)sc(-c2ccc(N(c3ccccc3)c3ccccc3)cc2)c1SCCC(C)C. The van der Waals surface area contributed by atoms with Gasteiger partial charge >= 0.3 is 0 Å². The number of benzene rings is 3. The molecule has 2 nitrogen and oxygen atoms in total. The number of thioether (sulfide) groups is 2. The number of para-hydroxylation sites is 2. The molecular formula is C33H37NOS3. The highest BCUT2D eigenvalue weighted by Gasteiger charge is 2.21. The second-order valence-corrected chi connectivity index (χ2v) is 13.4. The number of hydrogen-bond donors (Lipinski definition) is 0. The van der Waals surface area contributed by atoms with E-state index in [0.717, 1.165) is 52.6 Å². The van der Waals surface area contributed by atoms with E-state index in [2.05, 4.69) is 105 Å². The topological polar surface area (TPSA) is 20.3 Å². The first-order valence-corrected chi connectivity index (χ1v) is 16.1. The second kappa shape index (κ2) is 14.1. The number of thiophene rings is 1. The zero-order valence-corrected chi connectivity index (χ0v) is 25.2. The van der Waals surface area contributed by atoms with Crippen LogP contribution in [0.15, 0.2) is 94.7 Å². The van der Waals surface area contributed by atoms with Gasteiger partial charge in [-0.3, -0.25) is 4.79 Å². The molecular weight excluding hydrogens is 523 g/mol. The van der Waals surface area contributed by atoms with Crippen molar-refractivity contribution in [2.24, 2.45) is 11.8 Å². The number of aldehydes is 1. The van der Waals surface area contributed by atoms with Crippen molar-refractivity contribution in [2.75, 3.05) is 16.4 Å². The lowest BCUT2D eigenvalue weighted by Gasteiger charge is -2.25. The molecule has 0 saturated carbocycles. The Hall–Kier alpha value is -2.47. The van der Waals surface area contributed by atoms with E-state index in [1.165, 1.54) is 20.2 Å². The molecule has 0 saturated heterocycles. The first-order valence-electron chi connectivity index (χ1n) is 13.4. The average molecular weight is 560 g/mol. The molecule has 0 aliphatic carbocycles. The van der Waals surface area contributed by atoms with Crippen molar-refractivity contribution in [2.45, 2.75) is 50.3 Å². The van der Waals surface area contributed by atoms with E-state index in [1.54, 1.807) is 11.3 Å². The fourth-order valence-electron chi connectivity index (χ4n) is 4.11. The second-order valence-electron chi connectivity index (χ2n) is 10.2. The molecule has 0 aliphatic heterocycles. The lowest BCUT2D eigenvalue weighted by molar-refractivity contribution is 0.112. The third kappa shape index (κ3) is 7.34. The number of anilines is 3. The van der Waals surface area contributed by atoms with Gasteiger partial charge in [0.15, 0.2) is 6.29 Å². The van der Waals surface area contributed by atoms with Crippen molar-refractivity contribution in [1.82, 2.24) is 0 Å². The Balaban J connectivity index is 1.70. The smallest absolute Gasteiger partial charge is 0.161 e. The van der Waals surface area contributed by atoms with E-state index in [0.29, 0.717) is 11.8 Å². The molecule has 4 rings (SSSR count). The fraction of sp³-hybridized carbons (Fsp3) is 0.303. The standard InChI is InChI=1S/C33H37NOS3/c1-24(2)19-21-36-32-30(23-35)38-31(33(32)37-22-20-25(3)4)26-15-17-29(18-16-26)34(27-11-7-5-8-12-27)28-13-9-6-10-14-28/h5-18,23-25H,19-22H2,1-4H3. The maximum atomic E-state index is 12.1. The molecule has 0 unspecified atom stereocenters. The molecule has 0 amide bonds. The van der Waals surface area contributed by atoms with Crippen LogP contribution in [0.5, 0.6) is 0 Å². The molecule has 1 aromatic heterocycles. The van der Waals surface area contributed by atoms with Gasteiger partial charge in [-0.25, -0.2) is 0 Å². The van der Waals surface area contributed by atoms with E-state index in [4.69, 9.17) is 0 Å². The fourth-order valence-corrected chi connectivity index (χ4v) is 8.61. The minimum absolute atomic E-state index is 0.655. The van der Waals surface area contributed by atoms with Gasteiger partial charge in [-0.15, -0.1) is 34.9 Å². The Bertz CT molecular complexity index is 1240. The number of rotatable bonds is 13. The van der Waals surface area contributed by atoms with Gasteiger partial charge in [0.25, 0.3) is 0 Å². The normalized spacial score (nSPS) is 11.3. The summed E-state index contributed by atoms with van der Waals surface area (Å²) in [4.78, 5) is 18.9. The summed E-state index contributed by atoms with van der Waals surface area (Å²) in [7, 11) is 0. The highest BCUT2D eigenvalue weighted by atomic mass is 32.2. The minimum atomic E-state index is 0.655. The van der Waals surface area contributed by atoms with Crippen LogP contribution in [-0.4, -0.2) is 17.8 Å². The number of hydrogen-bond acceptors (Lipinski definition) is 5. The number of carbonyl (C=O) groups excluding carboxylic acids is 1. The van der Waals surface area contributed by atoms with Gasteiger partial charge < -0.3 is 4.90 Å². The summed E-state index contributed by atoms with van der Waals surface area (Å²) < 4.78 is 0. The van der Waals surface area contributed by atoms with Crippen LogP contribution in [0.2, 0.25) is 0 Å². The molecule has 0 spiro atoms. The monoisotopic (exact) mass is 559 g/mol. The van der Waals surface area contributed by atoms with E-state index in [1.807, 2.05) is 35.7 Å².